The highest BCUT2D eigenvalue weighted by atomic mass is 79.9. The van der Waals surface area contributed by atoms with Crippen molar-refractivity contribution in [3.8, 4) is 5.75 Å². The van der Waals surface area contributed by atoms with Crippen molar-refractivity contribution in [2.45, 2.75) is 32.6 Å². The fraction of sp³-hybridized carbons (Fsp3) is 0.533. The summed E-state index contributed by atoms with van der Waals surface area (Å²) >= 11 is 3.53. The van der Waals surface area contributed by atoms with E-state index in [-0.39, 0.29) is 5.91 Å². The summed E-state index contributed by atoms with van der Waals surface area (Å²) in [5.41, 5.74) is 2.09. The van der Waals surface area contributed by atoms with Gasteiger partial charge in [-0.15, -0.1) is 0 Å². The zero-order valence-corrected chi connectivity index (χ0v) is 12.8. The Morgan fingerprint density at radius 2 is 2.26 bits per heavy atom. The second-order valence-corrected chi connectivity index (χ2v) is 5.63. The molecule has 0 saturated carbocycles. The van der Waals surface area contributed by atoms with Crippen molar-refractivity contribution in [1.82, 2.24) is 0 Å². The zero-order chi connectivity index (χ0) is 13.7. The van der Waals surface area contributed by atoms with Crippen LogP contribution in [0.5, 0.6) is 5.75 Å². The van der Waals surface area contributed by atoms with Crippen LogP contribution in [0, 0.1) is 5.92 Å². The summed E-state index contributed by atoms with van der Waals surface area (Å²) in [5.74, 6) is 1.56. The average Bonchev–Trinajstić information content (AvgIpc) is 2.43. The van der Waals surface area contributed by atoms with Crippen LogP contribution < -0.4 is 10.1 Å². The van der Waals surface area contributed by atoms with Crippen LogP contribution in [-0.2, 0) is 11.2 Å². The molecule has 0 spiro atoms. The van der Waals surface area contributed by atoms with E-state index in [0.717, 1.165) is 29.8 Å². The largest absolute Gasteiger partial charge is 0.493 e. The lowest BCUT2D eigenvalue weighted by atomic mass is 10.0. The molecular formula is C15H20BrNO2. The van der Waals surface area contributed by atoms with E-state index < -0.39 is 0 Å². The van der Waals surface area contributed by atoms with E-state index >= 15 is 0 Å². The lowest BCUT2D eigenvalue weighted by Gasteiger charge is -2.19. The molecule has 19 heavy (non-hydrogen) atoms. The fourth-order valence-electron chi connectivity index (χ4n) is 2.28. The number of amides is 1. The summed E-state index contributed by atoms with van der Waals surface area (Å²) in [6.45, 7) is 2.93. The molecule has 104 valence electrons. The Bertz CT molecular complexity index is 448. The summed E-state index contributed by atoms with van der Waals surface area (Å²) in [4.78, 5) is 11.3. The van der Waals surface area contributed by atoms with Crippen molar-refractivity contribution < 1.29 is 9.53 Å². The van der Waals surface area contributed by atoms with Gasteiger partial charge in [-0.1, -0.05) is 29.3 Å². The van der Waals surface area contributed by atoms with Gasteiger partial charge in [-0.25, -0.2) is 0 Å². The van der Waals surface area contributed by atoms with Crippen molar-refractivity contribution in [2.75, 3.05) is 17.3 Å². The quantitative estimate of drug-likeness (QED) is 0.809. The minimum atomic E-state index is 0.100. The number of anilines is 1. The normalized spacial score (nSPS) is 15.6. The van der Waals surface area contributed by atoms with Gasteiger partial charge in [0.15, 0.2) is 0 Å². The van der Waals surface area contributed by atoms with Gasteiger partial charge in [0, 0.05) is 23.4 Å². The van der Waals surface area contributed by atoms with Crippen LogP contribution in [0.25, 0.3) is 0 Å². The van der Waals surface area contributed by atoms with Gasteiger partial charge in [0.1, 0.15) is 5.75 Å². The molecule has 1 atom stereocenters. The second-order valence-electron chi connectivity index (χ2n) is 4.99. The Labute approximate surface area is 122 Å². The van der Waals surface area contributed by atoms with Gasteiger partial charge in [-0.3, -0.25) is 4.79 Å². The van der Waals surface area contributed by atoms with Gasteiger partial charge in [0.05, 0.1) is 6.61 Å². The third-order valence-corrected chi connectivity index (χ3v) is 4.29. The lowest BCUT2D eigenvalue weighted by molar-refractivity contribution is -0.116. The number of fused-ring (bicyclic) bond motifs is 1. The van der Waals surface area contributed by atoms with E-state index in [0.29, 0.717) is 12.3 Å². The number of hydrogen-bond acceptors (Lipinski definition) is 2. The molecule has 1 amide bonds. The number of halogens is 1. The van der Waals surface area contributed by atoms with Crippen LogP contribution in [0.15, 0.2) is 18.2 Å². The van der Waals surface area contributed by atoms with E-state index in [9.17, 15) is 4.79 Å². The molecule has 0 aromatic heterocycles. The molecule has 0 aliphatic carbocycles. The van der Waals surface area contributed by atoms with E-state index in [4.69, 9.17) is 4.74 Å². The van der Waals surface area contributed by atoms with Crippen molar-refractivity contribution >= 4 is 27.5 Å². The first-order chi connectivity index (χ1) is 9.22. The number of hydrogen-bond donors (Lipinski definition) is 1. The maximum absolute atomic E-state index is 11.3. The molecule has 1 aliphatic heterocycles. The first-order valence-corrected chi connectivity index (χ1v) is 7.96. The van der Waals surface area contributed by atoms with Crippen molar-refractivity contribution in [2.24, 2.45) is 5.92 Å². The predicted molar refractivity (Wildman–Crippen MR) is 81.1 cm³/mol. The van der Waals surface area contributed by atoms with E-state index in [1.807, 2.05) is 18.2 Å². The Kier molecular flexibility index (Phi) is 5.25. The Balaban J connectivity index is 1.96. The smallest absolute Gasteiger partial charge is 0.224 e. The molecule has 1 aromatic rings. The molecule has 1 heterocycles. The molecule has 0 radical (unpaired) electrons. The van der Waals surface area contributed by atoms with Crippen molar-refractivity contribution in [3.63, 3.8) is 0 Å². The third-order valence-electron chi connectivity index (χ3n) is 3.37. The van der Waals surface area contributed by atoms with Crippen LogP contribution in [0.4, 0.5) is 5.69 Å². The molecule has 4 heteroatoms. The first kappa shape index (κ1) is 14.4. The Morgan fingerprint density at radius 3 is 3.00 bits per heavy atom. The minimum Gasteiger partial charge on any atom is -0.493 e. The van der Waals surface area contributed by atoms with Crippen LogP contribution in [-0.4, -0.2) is 17.8 Å². The number of carbonyl (C=O) groups excluding carboxylic acids is 1. The van der Waals surface area contributed by atoms with E-state index in [1.165, 1.54) is 18.4 Å². The van der Waals surface area contributed by atoms with Crippen LogP contribution in [0.1, 0.15) is 31.7 Å². The van der Waals surface area contributed by atoms with Gasteiger partial charge in [0.25, 0.3) is 0 Å². The number of rotatable bonds is 6. The third kappa shape index (κ3) is 3.96. The average molecular weight is 326 g/mol. The fourth-order valence-corrected chi connectivity index (χ4v) is 2.79. The van der Waals surface area contributed by atoms with Gasteiger partial charge >= 0.3 is 0 Å². The Hall–Kier alpha value is -1.03. The molecule has 1 N–H and O–H groups in total. The lowest BCUT2D eigenvalue weighted by Crippen LogP contribution is -2.19. The molecule has 0 saturated heterocycles. The van der Waals surface area contributed by atoms with Crippen LogP contribution >= 0.6 is 15.9 Å². The van der Waals surface area contributed by atoms with Crippen LogP contribution in [0.2, 0.25) is 0 Å². The monoisotopic (exact) mass is 325 g/mol. The number of alkyl halides is 1. The molecule has 0 fully saturated rings. The first-order valence-electron chi connectivity index (χ1n) is 6.84. The topological polar surface area (TPSA) is 38.3 Å². The van der Waals surface area contributed by atoms with Crippen molar-refractivity contribution in [1.29, 1.82) is 0 Å². The molecule has 1 aliphatic rings. The maximum atomic E-state index is 11.3. The van der Waals surface area contributed by atoms with Crippen LogP contribution in [0.3, 0.4) is 0 Å². The molecule has 1 aromatic carbocycles. The second kappa shape index (κ2) is 6.94. The number of carbonyl (C=O) groups is 1. The highest BCUT2D eigenvalue weighted by Crippen LogP contribution is 2.27. The number of nitrogens with one attached hydrogen (secondary N) is 1. The summed E-state index contributed by atoms with van der Waals surface area (Å²) in [5, 5.41) is 3.86. The molecule has 3 nitrogen and oxygen atoms in total. The number of benzene rings is 1. The zero-order valence-electron chi connectivity index (χ0n) is 11.2. The summed E-state index contributed by atoms with van der Waals surface area (Å²) < 4.78 is 5.86. The SMILES string of the molecule is CCCC(CBr)COc1ccc2c(c1)CCC(=O)N2. The Morgan fingerprint density at radius 1 is 1.42 bits per heavy atom. The summed E-state index contributed by atoms with van der Waals surface area (Å²) in [6, 6.07) is 5.92. The van der Waals surface area contributed by atoms with Gasteiger partial charge in [-0.2, -0.15) is 0 Å². The van der Waals surface area contributed by atoms with Crippen molar-refractivity contribution in [3.05, 3.63) is 23.8 Å². The minimum absolute atomic E-state index is 0.100. The van der Waals surface area contributed by atoms with E-state index in [2.05, 4.69) is 28.2 Å². The standard InChI is InChI=1S/C15H20BrNO2/c1-2-3-11(9-16)10-19-13-5-6-14-12(8-13)4-7-15(18)17-14/h5-6,8,11H,2-4,7,9-10H2,1H3,(H,17,18). The van der Waals surface area contributed by atoms with Gasteiger partial charge in [0.2, 0.25) is 5.91 Å². The molecule has 2 rings (SSSR count). The molecule has 1 unspecified atom stereocenters. The van der Waals surface area contributed by atoms with E-state index in [1.54, 1.807) is 0 Å². The maximum Gasteiger partial charge on any atom is 0.224 e. The highest BCUT2D eigenvalue weighted by molar-refractivity contribution is 9.09. The number of ether oxygens (including phenoxy) is 1. The highest BCUT2D eigenvalue weighted by Gasteiger charge is 2.15. The molecule has 0 bridgehead atoms. The van der Waals surface area contributed by atoms with Gasteiger partial charge in [-0.05, 0) is 36.6 Å². The predicted octanol–water partition coefficient (Wildman–Crippen LogP) is 3.76. The number of aryl methyl sites for hydroxylation is 1. The summed E-state index contributed by atoms with van der Waals surface area (Å²) in [6.07, 6.45) is 3.72. The van der Waals surface area contributed by atoms with Gasteiger partial charge < -0.3 is 10.1 Å². The summed E-state index contributed by atoms with van der Waals surface area (Å²) in [7, 11) is 0. The molecular weight excluding hydrogens is 306 g/mol.